The van der Waals surface area contributed by atoms with Crippen molar-refractivity contribution in [1.29, 1.82) is 0 Å². The molecule has 0 bridgehead atoms. The quantitative estimate of drug-likeness (QED) is 0.928. The highest BCUT2D eigenvalue weighted by molar-refractivity contribution is 5.88. The Balaban J connectivity index is 2.07. The van der Waals surface area contributed by atoms with Crippen molar-refractivity contribution >= 4 is 22.9 Å². The molecule has 0 aliphatic rings. The minimum absolute atomic E-state index is 0.102. The zero-order valence-electron chi connectivity index (χ0n) is 11.3. The molecule has 2 rings (SSSR count). The summed E-state index contributed by atoms with van der Waals surface area (Å²) in [5.74, 6) is 0.646. The number of alkyl halides is 3. The molecule has 0 saturated heterocycles. The summed E-state index contributed by atoms with van der Waals surface area (Å²) in [6.07, 6.45) is -5.74. The first-order valence-electron chi connectivity index (χ1n) is 6.15. The predicted molar refractivity (Wildman–Crippen MR) is 69.1 cm³/mol. The summed E-state index contributed by atoms with van der Waals surface area (Å²) in [6, 6.07) is 4.57. The number of oxazole rings is 1. The van der Waals surface area contributed by atoms with E-state index in [0.717, 1.165) is 0 Å². The summed E-state index contributed by atoms with van der Waals surface area (Å²) in [6.45, 7) is 2.19. The van der Waals surface area contributed by atoms with E-state index in [0.29, 0.717) is 17.0 Å². The molecular weight excluding hydrogens is 289 g/mol. The van der Waals surface area contributed by atoms with Gasteiger partial charge in [0.2, 0.25) is 0 Å². The Bertz CT molecular complexity index is 650. The van der Waals surface area contributed by atoms with Gasteiger partial charge in [-0.3, -0.25) is 5.32 Å². The van der Waals surface area contributed by atoms with E-state index in [2.05, 4.69) is 15.0 Å². The Morgan fingerprint density at radius 3 is 2.76 bits per heavy atom. The number of amides is 1. The highest BCUT2D eigenvalue weighted by atomic mass is 19.4. The van der Waals surface area contributed by atoms with Crippen LogP contribution in [-0.4, -0.2) is 23.9 Å². The zero-order valence-corrected chi connectivity index (χ0v) is 11.3. The topological polar surface area (TPSA) is 64.4 Å². The summed E-state index contributed by atoms with van der Waals surface area (Å²) >= 11 is 0. The maximum absolute atomic E-state index is 11.9. The second-order valence-corrected chi connectivity index (χ2v) is 4.71. The Morgan fingerprint density at radius 1 is 1.43 bits per heavy atom. The second-order valence-electron chi connectivity index (χ2n) is 4.71. The first-order valence-corrected chi connectivity index (χ1v) is 6.15. The van der Waals surface area contributed by atoms with Crippen LogP contribution in [0, 0.1) is 0 Å². The lowest BCUT2D eigenvalue weighted by Crippen LogP contribution is -2.23. The number of benzene rings is 1. The number of hydrogen-bond donors (Lipinski definition) is 1. The lowest BCUT2D eigenvalue weighted by Gasteiger charge is -2.08. The van der Waals surface area contributed by atoms with Crippen LogP contribution in [0.15, 0.2) is 22.6 Å². The molecule has 1 aromatic heterocycles. The van der Waals surface area contributed by atoms with Gasteiger partial charge >= 0.3 is 12.3 Å². The number of anilines is 1. The first-order chi connectivity index (χ1) is 9.74. The van der Waals surface area contributed by atoms with Gasteiger partial charge in [0.25, 0.3) is 0 Å². The zero-order chi connectivity index (χ0) is 15.6. The van der Waals surface area contributed by atoms with Gasteiger partial charge < -0.3 is 9.15 Å². The predicted octanol–water partition coefficient (Wildman–Crippen LogP) is 4.06. The highest BCUT2D eigenvalue weighted by Gasteiger charge is 2.29. The number of ether oxygens (including phenoxy) is 1. The van der Waals surface area contributed by atoms with Crippen LogP contribution in [0.3, 0.4) is 0 Å². The molecule has 0 saturated carbocycles. The van der Waals surface area contributed by atoms with Gasteiger partial charge in [0.05, 0.1) is 0 Å². The monoisotopic (exact) mass is 302 g/mol. The third-order valence-corrected chi connectivity index (χ3v) is 2.51. The molecule has 0 unspecified atom stereocenters. The van der Waals surface area contributed by atoms with Crippen molar-refractivity contribution in [3.63, 3.8) is 0 Å². The van der Waals surface area contributed by atoms with Gasteiger partial charge in [-0.25, -0.2) is 9.78 Å². The molecule has 1 aromatic carbocycles. The SMILES string of the molecule is CC(C)c1nc2cc(NC(=O)OCC(F)(F)F)ccc2o1. The molecule has 21 heavy (non-hydrogen) atoms. The van der Waals surface area contributed by atoms with Crippen molar-refractivity contribution in [2.24, 2.45) is 0 Å². The third-order valence-electron chi connectivity index (χ3n) is 2.51. The number of aromatic nitrogens is 1. The third kappa shape index (κ3) is 4.11. The lowest BCUT2D eigenvalue weighted by molar-refractivity contribution is -0.159. The highest BCUT2D eigenvalue weighted by Crippen LogP contribution is 2.24. The van der Waals surface area contributed by atoms with E-state index in [-0.39, 0.29) is 11.6 Å². The molecule has 0 atom stereocenters. The van der Waals surface area contributed by atoms with Crippen molar-refractivity contribution in [1.82, 2.24) is 4.98 Å². The van der Waals surface area contributed by atoms with Gasteiger partial charge in [0.15, 0.2) is 18.1 Å². The minimum atomic E-state index is -4.56. The van der Waals surface area contributed by atoms with Crippen LogP contribution in [0.5, 0.6) is 0 Å². The summed E-state index contributed by atoms with van der Waals surface area (Å²) in [4.78, 5) is 15.5. The number of nitrogens with one attached hydrogen (secondary N) is 1. The van der Waals surface area contributed by atoms with E-state index in [1.807, 2.05) is 13.8 Å². The van der Waals surface area contributed by atoms with E-state index >= 15 is 0 Å². The fourth-order valence-corrected chi connectivity index (χ4v) is 1.57. The van der Waals surface area contributed by atoms with Gasteiger partial charge in [-0.15, -0.1) is 0 Å². The molecule has 1 N–H and O–H groups in total. The average Bonchev–Trinajstić information content (AvgIpc) is 2.79. The van der Waals surface area contributed by atoms with Crippen LogP contribution in [0.25, 0.3) is 11.1 Å². The van der Waals surface area contributed by atoms with Gasteiger partial charge in [0.1, 0.15) is 5.52 Å². The van der Waals surface area contributed by atoms with Crippen LogP contribution in [0.2, 0.25) is 0 Å². The van der Waals surface area contributed by atoms with Gasteiger partial charge in [0, 0.05) is 11.6 Å². The Hall–Kier alpha value is -2.25. The summed E-state index contributed by atoms with van der Waals surface area (Å²) in [7, 11) is 0. The number of hydrogen-bond acceptors (Lipinski definition) is 4. The van der Waals surface area contributed by atoms with Crippen LogP contribution in [0.1, 0.15) is 25.7 Å². The number of fused-ring (bicyclic) bond motifs is 1. The van der Waals surface area contributed by atoms with E-state index in [4.69, 9.17) is 4.42 Å². The molecule has 8 heteroatoms. The van der Waals surface area contributed by atoms with Crippen LogP contribution >= 0.6 is 0 Å². The summed E-state index contributed by atoms with van der Waals surface area (Å²) in [5, 5.41) is 2.20. The molecule has 0 fully saturated rings. The van der Waals surface area contributed by atoms with Crippen LogP contribution in [0.4, 0.5) is 23.7 Å². The molecule has 1 amide bonds. The van der Waals surface area contributed by atoms with Gasteiger partial charge in [-0.05, 0) is 18.2 Å². The fraction of sp³-hybridized carbons (Fsp3) is 0.385. The number of halogens is 3. The number of carbonyl (C=O) groups is 1. The largest absolute Gasteiger partial charge is 0.440 e. The van der Waals surface area contributed by atoms with Crippen molar-refractivity contribution < 1.29 is 27.1 Å². The van der Waals surface area contributed by atoms with Crippen molar-refractivity contribution in [3.8, 4) is 0 Å². The maximum Gasteiger partial charge on any atom is 0.422 e. The van der Waals surface area contributed by atoms with E-state index < -0.39 is 18.9 Å². The second kappa shape index (κ2) is 5.63. The van der Waals surface area contributed by atoms with E-state index in [9.17, 15) is 18.0 Å². The van der Waals surface area contributed by atoms with E-state index in [1.54, 1.807) is 6.07 Å². The normalized spacial score (nSPS) is 11.9. The molecule has 0 spiro atoms. The summed E-state index contributed by atoms with van der Waals surface area (Å²) < 4.78 is 45.3. The Labute approximate surface area is 118 Å². The molecule has 1 heterocycles. The minimum Gasteiger partial charge on any atom is -0.440 e. The lowest BCUT2D eigenvalue weighted by atomic mass is 10.2. The molecular formula is C13H13F3N2O3. The smallest absolute Gasteiger partial charge is 0.422 e. The molecule has 0 aliphatic heterocycles. The number of carbonyl (C=O) groups excluding carboxylic acids is 1. The van der Waals surface area contributed by atoms with Crippen molar-refractivity contribution in [2.75, 3.05) is 11.9 Å². The molecule has 2 aromatic rings. The van der Waals surface area contributed by atoms with Crippen LogP contribution in [-0.2, 0) is 4.74 Å². The van der Waals surface area contributed by atoms with Gasteiger partial charge in [-0.2, -0.15) is 13.2 Å². The van der Waals surface area contributed by atoms with Gasteiger partial charge in [-0.1, -0.05) is 13.8 Å². The maximum atomic E-state index is 11.9. The summed E-state index contributed by atoms with van der Waals surface area (Å²) in [5.41, 5.74) is 1.32. The number of rotatable bonds is 3. The van der Waals surface area contributed by atoms with Crippen molar-refractivity contribution in [2.45, 2.75) is 25.9 Å². The average molecular weight is 302 g/mol. The molecule has 114 valence electrons. The standard InChI is InChI=1S/C13H13F3N2O3/c1-7(2)11-18-9-5-8(3-4-10(9)21-11)17-12(19)20-6-13(14,15)16/h3-5,7H,6H2,1-2H3,(H,17,19). The Morgan fingerprint density at radius 2 is 2.14 bits per heavy atom. The molecule has 0 radical (unpaired) electrons. The molecule has 5 nitrogen and oxygen atoms in total. The van der Waals surface area contributed by atoms with Crippen molar-refractivity contribution in [3.05, 3.63) is 24.1 Å². The Kier molecular flexibility index (Phi) is 4.06. The van der Waals surface area contributed by atoms with Crippen LogP contribution < -0.4 is 5.32 Å². The number of nitrogens with zero attached hydrogens (tertiary/aromatic N) is 1. The fourth-order valence-electron chi connectivity index (χ4n) is 1.57. The molecule has 0 aliphatic carbocycles. The van der Waals surface area contributed by atoms with E-state index in [1.165, 1.54) is 12.1 Å². The first kappa shape index (κ1) is 15.1.